The van der Waals surface area contributed by atoms with Crippen LogP contribution in [0.5, 0.6) is 0 Å². The van der Waals surface area contributed by atoms with E-state index in [9.17, 15) is 4.79 Å². The molecule has 1 aliphatic rings. The van der Waals surface area contributed by atoms with E-state index in [0.29, 0.717) is 11.3 Å². The highest BCUT2D eigenvalue weighted by atomic mass is 79.9. The third-order valence-corrected chi connectivity index (χ3v) is 2.47. The van der Waals surface area contributed by atoms with Crippen molar-refractivity contribution in [2.75, 3.05) is 11.9 Å². The molecule has 1 atom stereocenters. The van der Waals surface area contributed by atoms with Gasteiger partial charge in [0.05, 0.1) is 5.33 Å². The van der Waals surface area contributed by atoms with Crippen LogP contribution < -0.4 is 0 Å². The standard InChI is InChI=1S/C6H11BBrNO/c7-5-2-1-3-9(5)6(10)4-8/h5H,1-4,7H2/t5-/m0/s1. The van der Waals surface area contributed by atoms with Crippen molar-refractivity contribution >= 4 is 29.7 Å². The van der Waals surface area contributed by atoms with E-state index in [1.807, 2.05) is 4.90 Å². The zero-order valence-corrected chi connectivity index (χ0v) is 7.73. The summed E-state index contributed by atoms with van der Waals surface area (Å²) in [5.74, 6) is 0.690. The molecule has 4 heteroatoms. The van der Waals surface area contributed by atoms with E-state index in [2.05, 4.69) is 23.8 Å². The van der Waals surface area contributed by atoms with Crippen molar-refractivity contribution in [2.24, 2.45) is 0 Å². The number of hydrogen-bond acceptors (Lipinski definition) is 1. The van der Waals surface area contributed by atoms with Crippen LogP contribution in [0, 0.1) is 0 Å². The molecule has 1 aliphatic heterocycles. The number of likely N-dealkylation sites (tertiary alicyclic amines) is 1. The first-order valence-electron chi connectivity index (χ1n) is 3.61. The topological polar surface area (TPSA) is 20.3 Å². The van der Waals surface area contributed by atoms with Crippen LogP contribution in [-0.2, 0) is 4.79 Å². The number of rotatable bonds is 1. The second kappa shape index (κ2) is 3.42. The Bertz CT molecular complexity index is 142. The number of hydrogen-bond donors (Lipinski definition) is 0. The molecule has 1 heterocycles. The minimum atomic E-state index is 0.227. The van der Waals surface area contributed by atoms with Crippen molar-refractivity contribution in [3.8, 4) is 0 Å². The molecule has 0 aromatic rings. The molecule has 1 fully saturated rings. The zero-order chi connectivity index (χ0) is 7.56. The van der Waals surface area contributed by atoms with E-state index in [-0.39, 0.29) is 5.91 Å². The van der Waals surface area contributed by atoms with Crippen molar-refractivity contribution in [1.82, 2.24) is 4.90 Å². The van der Waals surface area contributed by atoms with E-state index in [1.165, 1.54) is 12.8 Å². The van der Waals surface area contributed by atoms with Crippen LogP contribution in [0.25, 0.3) is 0 Å². The first-order chi connectivity index (χ1) is 4.75. The molecule has 1 rings (SSSR count). The lowest BCUT2D eigenvalue weighted by Crippen LogP contribution is -2.36. The molecule has 0 aromatic heterocycles. The van der Waals surface area contributed by atoms with Gasteiger partial charge >= 0.3 is 0 Å². The van der Waals surface area contributed by atoms with E-state index < -0.39 is 0 Å². The first-order valence-corrected chi connectivity index (χ1v) is 4.73. The molecule has 0 radical (unpaired) electrons. The van der Waals surface area contributed by atoms with Gasteiger partial charge in [0.1, 0.15) is 7.85 Å². The fourth-order valence-corrected chi connectivity index (χ4v) is 1.70. The van der Waals surface area contributed by atoms with E-state index >= 15 is 0 Å². The minimum absolute atomic E-state index is 0.227. The summed E-state index contributed by atoms with van der Waals surface area (Å²) in [7, 11) is 2.10. The Morgan fingerprint density at radius 2 is 2.50 bits per heavy atom. The molecule has 1 amide bonds. The summed E-state index contributed by atoms with van der Waals surface area (Å²) in [6.45, 7) is 0.950. The Balaban J connectivity index is 2.46. The van der Waals surface area contributed by atoms with Gasteiger partial charge in [0.2, 0.25) is 5.91 Å². The fraction of sp³-hybridized carbons (Fsp3) is 0.833. The molecule has 0 spiro atoms. The van der Waals surface area contributed by atoms with Gasteiger partial charge in [0.15, 0.2) is 0 Å². The van der Waals surface area contributed by atoms with Gasteiger partial charge in [-0.15, -0.1) is 0 Å². The summed E-state index contributed by atoms with van der Waals surface area (Å²) >= 11 is 3.16. The molecule has 0 bridgehead atoms. The van der Waals surface area contributed by atoms with Crippen LogP contribution in [0.2, 0.25) is 0 Å². The maximum atomic E-state index is 11.1. The Labute approximate surface area is 70.5 Å². The number of alkyl halides is 1. The first kappa shape index (κ1) is 8.11. The zero-order valence-electron chi connectivity index (χ0n) is 6.14. The molecule has 1 saturated heterocycles. The van der Waals surface area contributed by atoms with Gasteiger partial charge in [0, 0.05) is 6.54 Å². The number of halogens is 1. The summed E-state index contributed by atoms with van der Waals surface area (Å²) in [6.07, 6.45) is 2.33. The van der Waals surface area contributed by atoms with Crippen molar-refractivity contribution in [1.29, 1.82) is 0 Å². The maximum Gasteiger partial charge on any atom is 0.232 e. The molecule has 0 aromatic carbocycles. The van der Waals surface area contributed by atoms with E-state index in [0.717, 1.165) is 6.54 Å². The van der Waals surface area contributed by atoms with Crippen LogP contribution in [0.1, 0.15) is 12.8 Å². The average Bonchev–Trinajstić information content (AvgIpc) is 2.34. The summed E-state index contributed by atoms with van der Waals surface area (Å²) in [4.78, 5) is 13.0. The number of nitrogens with zero attached hydrogens (tertiary/aromatic N) is 1. The molecule has 0 N–H and O–H groups in total. The van der Waals surface area contributed by atoms with Crippen LogP contribution in [-0.4, -0.2) is 36.5 Å². The second-order valence-electron chi connectivity index (χ2n) is 2.71. The third kappa shape index (κ3) is 1.54. The lowest BCUT2D eigenvalue weighted by Gasteiger charge is -2.19. The van der Waals surface area contributed by atoms with Crippen LogP contribution in [0.4, 0.5) is 0 Å². The summed E-state index contributed by atoms with van der Waals surface area (Å²) in [6, 6.07) is 0. The van der Waals surface area contributed by atoms with Gasteiger partial charge in [-0.1, -0.05) is 15.9 Å². The van der Waals surface area contributed by atoms with Crippen molar-refractivity contribution in [2.45, 2.75) is 18.8 Å². The van der Waals surface area contributed by atoms with Crippen molar-refractivity contribution in [3.63, 3.8) is 0 Å². The van der Waals surface area contributed by atoms with Crippen molar-refractivity contribution < 1.29 is 4.79 Å². The fourth-order valence-electron chi connectivity index (χ4n) is 1.38. The lowest BCUT2D eigenvalue weighted by atomic mass is 9.94. The predicted octanol–water partition coefficient (Wildman–Crippen LogP) is -0.0371. The highest BCUT2D eigenvalue weighted by Crippen LogP contribution is 2.14. The van der Waals surface area contributed by atoms with Crippen LogP contribution in [0.3, 0.4) is 0 Å². The van der Waals surface area contributed by atoms with Gasteiger partial charge in [-0.2, -0.15) is 0 Å². The van der Waals surface area contributed by atoms with Gasteiger partial charge in [-0.3, -0.25) is 4.79 Å². The largest absolute Gasteiger partial charge is 0.347 e. The molecular formula is C6H11BBrNO. The lowest BCUT2D eigenvalue weighted by molar-refractivity contribution is -0.127. The van der Waals surface area contributed by atoms with Gasteiger partial charge in [-0.05, 0) is 18.8 Å². The van der Waals surface area contributed by atoms with Gasteiger partial charge < -0.3 is 4.90 Å². The number of carbonyl (C=O) groups excluding carboxylic acids is 1. The molecular weight excluding hydrogens is 193 g/mol. The highest BCUT2D eigenvalue weighted by molar-refractivity contribution is 9.09. The summed E-state index contributed by atoms with van der Waals surface area (Å²) in [5, 5.41) is 0.470. The Hall–Kier alpha value is 0.0149. The maximum absolute atomic E-state index is 11.1. The monoisotopic (exact) mass is 203 g/mol. The quantitative estimate of drug-likeness (QED) is 0.433. The third-order valence-electron chi connectivity index (χ3n) is 1.99. The van der Waals surface area contributed by atoms with Crippen molar-refractivity contribution in [3.05, 3.63) is 0 Å². The number of carbonyl (C=O) groups is 1. The minimum Gasteiger partial charge on any atom is -0.347 e. The Morgan fingerprint density at radius 3 is 2.90 bits per heavy atom. The molecule has 2 nitrogen and oxygen atoms in total. The van der Waals surface area contributed by atoms with E-state index in [1.54, 1.807) is 0 Å². The number of amides is 1. The smallest absolute Gasteiger partial charge is 0.232 e. The molecule has 10 heavy (non-hydrogen) atoms. The molecule has 0 unspecified atom stereocenters. The van der Waals surface area contributed by atoms with E-state index in [4.69, 9.17) is 0 Å². The molecule has 0 saturated carbocycles. The normalized spacial score (nSPS) is 25.3. The van der Waals surface area contributed by atoms with Crippen LogP contribution >= 0.6 is 15.9 Å². The highest BCUT2D eigenvalue weighted by Gasteiger charge is 2.23. The second-order valence-corrected chi connectivity index (χ2v) is 3.27. The summed E-state index contributed by atoms with van der Waals surface area (Å²) in [5.41, 5.74) is 0. The Morgan fingerprint density at radius 1 is 1.80 bits per heavy atom. The van der Waals surface area contributed by atoms with Gasteiger partial charge in [-0.25, -0.2) is 0 Å². The van der Waals surface area contributed by atoms with Crippen LogP contribution in [0.15, 0.2) is 0 Å². The predicted molar refractivity (Wildman–Crippen MR) is 47.1 cm³/mol. The Kier molecular flexibility index (Phi) is 2.77. The SMILES string of the molecule is B[C@@H]1CCCN1C(=O)CBr. The molecule has 56 valence electrons. The average molecular weight is 204 g/mol. The van der Waals surface area contributed by atoms with Gasteiger partial charge in [0.25, 0.3) is 0 Å². The summed E-state index contributed by atoms with van der Waals surface area (Å²) < 4.78 is 0. The molecule has 0 aliphatic carbocycles.